The minimum Gasteiger partial charge on any atom is -0.383 e. The molecule has 96 valence electrons. The van der Waals surface area contributed by atoms with Crippen molar-refractivity contribution >= 4 is 27.4 Å². The fourth-order valence-corrected chi connectivity index (χ4v) is 2.07. The third-order valence-corrected chi connectivity index (χ3v) is 3.09. The molecule has 2 aromatic rings. The molecule has 0 spiro atoms. The van der Waals surface area contributed by atoms with Gasteiger partial charge in [-0.3, -0.25) is 4.79 Å². The van der Waals surface area contributed by atoms with Gasteiger partial charge in [-0.2, -0.15) is 5.10 Å². The number of nitrogens with one attached hydrogen (secondary N) is 1. The molecule has 0 radical (unpaired) electrons. The van der Waals surface area contributed by atoms with Crippen LogP contribution in [0.25, 0.3) is 5.52 Å². The molecule has 0 saturated carbocycles. The zero-order valence-electron chi connectivity index (χ0n) is 9.97. The van der Waals surface area contributed by atoms with Gasteiger partial charge in [0.15, 0.2) is 0 Å². The number of fused-ring (bicyclic) bond motifs is 1. The summed E-state index contributed by atoms with van der Waals surface area (Å²) >= 11 is 3.42. The summed E-state index contributed by atoms with van der Waals surface area (Å²) in [7, 11) is 1.63. The molecule has 0 bridgehead atoms. The molecule has 1 amide bonds. The second-order valence-electron chi connectivity index (χ2n) is 3.85. The second kappa shape index (κ2) is 5.97. The number of rotatable bonds is 5. The quantitative estimate of drug-likeness (QED) is 0.851. The topological polar surface area (TPSA) is 55.6 Å². The van der Waals surface area contributed by atoms with E-state index >= 15 is 0 Å². The van der Waals surface area contributed by atoms with E-state index in [0.717, 1.165) is 5.52 Å². The van der Waals surface area contributed by atoms with Gasteiger partial charge in [0.25, 0.3) is 5.91 Å². The summed E-state index contributed by atoms with van der Waals surface area (Å²) in [6.45, 7) is 1.06. The summed E-state index contributed by atoms with van der Waals surface area (Å²) in [6.07, 6.45) is 3.38. The first kappa shape index (κ1) is 13.0. The third-order valence-electron chi connectivity index (χ3n) is 2.50. The minimum absolute atomic E-state index is 0.105. The van der Waals surface area contributed by atoms with Crippen LogP contribution in [0, 0.1) is 0 Å². The average Bonchev–Trinajstić information content (AvgIpc) is 2.80. The van der Waals surface area contributed by atoms with E-state index in [4.69, 9.17) is 4.74 Å². The van der Waals surface area contributed by atoms with Crippen LogP contribution in [0.3, 0.4) is 0 Å². The van der Waals surface area contributed by atoms with Crippen molar-refractivity contribution in [2.75, 3.05) is 20.3 Å². The number of halogens is 1. The molecular formula is C12H14BrN3O2. The Morgan fingerprint density at radius 2 is 2.44 bits per heavy atom. The molecule has 0 fully saturated rings. The van der Waals surface area contributed by atoms with Crippen LogP contribution in [0.5, 0.6) is 0 Å². The van der Waals surface area contributed by atoms with Crippen molar-refractivity contribution in [2.45, 2.75) is 4.83 Å². The maximum absolute atomic E-state index is 12.0. The molecule has 1 atom stereocenters. The van der Waals surface area contributed by atoms with Crippen LogP contribution in [0.1, 0.15) is 10.4 Å². The van der Waals surface area contributed by atoms with Crippen LogP contribution in [-0.4, -0.2) is 40.6 Å². The third kappa shape index (κ3) is 2.88. The molecule has 0 saturated heterocycles. The number of methoxy groups -OCH3 is 1. The summed E-state index contributed by atoms with van der Waals surface area (Å²) in [5.74, 6) is -0.128. The molecule has 6 heteroatoms. The number of hydrogen-bond acceptors (Lipinski definition) is 3. The molecule has 1 unspecified atom stereocenters. The van der Waals surface area contributed by atoms with Gasteiger partial charge in [0.1, 0.15) is 0 Å². The Kier molecular flexibility index (Phi) is 4.33. The van der Waals surface area contributed by atoms with Crippen molar-refractivity contribution in [1.29, 1.82) is 0 Å². The standard InChI is InChI=1S/C12H14BrN3O2/c1-18-8-9(13)6-14-12(17)10-7-15-16-5-3-2-4-11(10)16/h2-5,7,9H,6,8H2,1H3,(H,14,17). The summed E-state index contributed by atoms with van der Waals surface area (Å²) in [6, 6.07) is 5.61. The van der Waals surface area contributed by atoms with Gasteiger partial charge in [0.05, 0.1) is 28.7 Å². The molecule has 2 rings (SSSR count). The Hall–Kier alpha value is -1.40. The Morgan fingerprint density at radius 3 is 3.22 bits per heavy atom. The molecule has 2 aromatic heterocycles. The molecule has 0 aromatic carbocycles. The Balaban J connectivity index is 2.05. The van der Waals surface area contributed by atoms with Gasteiger partial charge in [-0.1, -0.05) is 22.0 Å². The lowest BCUT2D eigenvalue weighted by molar-refractivity contribution is 0.0951. The van der Waals surface area contributed by atoms with Crippen LogP contribution in [0.4, 0.5) is 0 Å². The molecule has 5 nitrogen and oxygen atoms in total. The highest BCUT2D eigenvalue weighted by atomic mass is 79.9. The van der Waals surface area contributed by atoms with E-state index < -0.39 is 0 Å². The maximum atomic E-state index is 12.0. The molecular weight excluding hydrogens is 298 g/mol. The SMILES string of the molecule is COCC(Br)CNC(=O)c1cnn2ccccc12. The van der Waals surface area contributed by atoms with E-state index in [2.05, 4.69) is 26.3 Å². The lowest BCUT2D eigenvalue weighted by Crippen LogP contribution is -2.31. The maximum Gasteiger partial charge on any atom is 0.255 e. The van der Waals surface area contributed by atoms with E-state index in [1.54, 1.807) is 17.8 Å². The van der Waals surface area contributed by atoms with Crippen LogP contribution in [0.15, 0.2) is 30.6 Å². The lowest BCUT2D eigenvalue weighted by Gasteiger charge is -2.09. The summed E-state index contributed by atoms with van der Waals surface area (Å²) in [4.78, 5) is 12.1. The van der Waals surface area contributed by atoms with E-state index in [0.29, 0.717) is 18.7 Å². The molecule has 2 heterocycles. The van der Waals surface area contributed by atoms with Crippen LogP contribution >= 0.6 is 15.9 Å². The van der Waals surface area contributed by atoms with Crippen LogP contribution in [0.2, 0.25) is 0 Å². The van der Waals surface area contributed by atoms with Gasteiger partial charge in [0, 0.05) is 19.9 Å². The van der Waals surface area contributed by atoms with Crippen molar-refractivity contribution in [2.24, 2.45) is 0 Å². The predicted octanol–water partition coefficient (Wildman–Crippen LogP) is 1.47. The Labute approximate surface area is 113 Å². The van der Waals surface area contributed by atoms with Gasteiger partial charge in [-0.25, -0.2) is 4.52 Å². The van der Waals surface area contributed by atoms with E-state index in [1.165, 1.54) is 0 Å². The number of amides is 1. The van der Waals surface area contributed by atoms with Crippen molar-refractivity contribution in [3.63, 3.8) is 0 Å². The number of alkyl halides is 1. The summed E-state index contributed by atoms with van der Waals surface area (Å²) < 4.78 is 6.66. The first-order chi connectivity index (χ1) is 8.72. The smallest absolute Gasteiger partial charge is 0.255 e. The van der Waals surface area contributed by atoms with Gasteiger partial charge in [-0.15, -0.1) is 0 Å². The fourth-order valence-electron chi connectivity index (χ4n) is 1.65. The highest BCUT2D eigenvalue weighted by molar-refractivity contribution is 9.09. The number of ether oxygens (including phenoxy) is 1. The van der Waals surface area contributed by atoms with Gasteiger partial charge in [-0.05, 0) is 12.1 Å². The minimum atomic E-state index is -0.128. The van der Waals surface area contributed by atoms with Crippen molar-refractivity contribution in [3.05, 3.63) is 36.2 Å². The molecule has 1 N–H and O–H groups in total. The van der Waals surface area contributed by atoms with Crippen LogP contribution < -0.4 is 5.32 Å². The lowest BCUT2D eigenvalue weighted by atomic mass is 10.2. The number of hydrogen-bond donors (Lipinski definition) is 1. The number of carbonyl (C=O) groups excluding carboxylic acids is 1. The van der Waals surface area contributed by atoms with E-state index in [1.807, 2.05) is 24.4 Å². The highest BCUT2D eigenvalue weighted by Gasteiger charge is 2.13. The zero-order chi connectivity index (χ0) is 13.0. The molecule has 0 aliphatic carbocycles. The first-order valence-corrected chi connectivity index (χ1v) is 6.47. The summed E-state index contributed by atoms with van der Waals surface area (Å²) in [5.41, 5.74) is 1.38. The normalized spacial score (nSPS) is 12.6. The fraction of sp³-hybridized carbons (Fsp3) is 0.333. The molecule has 0 aliphatic rings. The van der Waals surface area contributed by atoms with E-state index in [9.17, 15) is 4.79 Å². The molecule has 18 heavy (non-hydrogen) atoms. The van der Waals surface area contributed by atoms with Crippen molar-refractivity contribution < 1.29 is 9.53 Å². The van der Waals surface area contributed by atoms with Gasteiger partial charge >= 0.3 is 0 Å². The predicted molar refractivity (Wildman–Crippen MR) is 72.1 cm³/mol. The Bertz CT molecular complexity index is 541. The monoisotopic (exact) mass is 311 g/mol. The zero-order valence-corrected chi connectivity index (χ0v) is 11.6. The van der Waals surface area contributed by atoms with Crippen LogP contribution in [-0.2, 0) is 4.74 Å². The number of pyridine rings is 1. The number of aromatic nitrogens is 2. The van der Waals surface area contributed by atoms with E-state index in [-0.39, 0.29) is 10.7 Å². The Morgan fingerprint density at radius 1 is 1.61 bits per heavy atom. The molecule has 0 aliphatic heterocycles. The summed E-state index contributed by atoms with van der Waals surface area (Å²) in [5, 5.41) is 6.97. The van der Waals surface area contributed by atoms with Gasteiger partial charge < -0.3 is 10.1 Å². The second-order valence-corrected chi connectivity index (χ2v) is 5.15. The first-order valence-electron chi connectivity index (χ1n) is 5.56. The van der Waals surface area contributed by atoms with Crippen molar-refractivity contribution in [1.82, 2.24) is 14.9 Å². The van der Waals surface area contributed by atoms with Crippen molar-refractivity contribution in [3.8, 4) is 0 Å². The number of carbonyl (C=O) groups is 1. The number of nitrogens with zero attached hydrogens (tertiary/aromatic N) is 2. The van der Waals surface area contributed by atoms with Gasteiger partial charge in [0.2, 0.25) is 0 Å². The largest absolute Gasteiger partial charge is 0.383 e. The average molecular weight is 312 g/mol. The highest BCUT2D eigenvalue weighted by Crippen LogP contribution is 2.09.